The van der Waals surface area contributed by atoms with Crippen molar-refractivity contribution >= 4 is 10.8 Å². The summed E-state index contributed by atoms with van der Waals surface area (Å²) in [5, 5.41) is 2.27. The Labute approximate surface area is 98.7 Å². The van der Waals surface area contributed by atoms with Crippen molar-refractivity contribution in [1.29, 1.82) is 0 Å². The molecule has 0 unspecified atom stereocenters. The number of aromatic nitrogens is 3. The largest absolute Gasteiger partial charge is 0.325 e. The highest BCUT2D eigenvalue weighted by Crippen LogP contribution is 2.21. The Balaban J connectivity index is 2.23. The molecule has 84 valence electrons. The molecule has 1 aromatic carbocycles. The minimum atomic E-state index is 0.458. The van der Waals surface area contributed by atoms with Crippen molar-refractivity contribution < 1.29 is 0 Å². The fourth-order valence-corrected chi connectivity index (χ4v) is 1.93. The molecule has 0 atom stereocenters. The first-order valence-corrected chi connectivity index (χ1v) is 5.44. The number of nitrogens with zero attached hydrogens (tertiary/aromatic N) is 3. The van der Waals surface area contributed by atoms with Gasteiger partial charge in [-0.2, -0.15) is 0 Å². The van der Waals surface area contributed by atoms with Gasteiger partial charge in [-0.1, -0.05) is 12.1 Å². The van der Waals surface area contributed by atoms with Gasteiger partial charge in [0.05, 0.1) is 17.7 Å². The summed E-state index contributed by atoms with van der Waals surface area (Å²) in [7, 11) is 0. The molecule has 4 heteroatoms. The molecule has 17 heavy (non-hydrogen) atoms. The average molecular weight is 224 g/mol. The summed E-state index contributed by atoms with van der Waals surface area (Å²) in [6.45, 7) is 0.458. The third-order valence-electron chi connectivity index (χ3n) is 2.78. The number of benzene rings is 1. The molecule has 0 aliphatic carbocycles. The van der Waals surface area contributed by atoms with Crippen LogP contribution < -0.4 is 5.73 Å². The number of nitrogens with two attached hydrogens (primary N) is 1. The van der Waals surface area contributed by atoms with E-state index in [1.54, 1.807) is 12.5 Å². The van der Waals surface area contributed by atoms with E-state index >= 15 is 0 Å². The Morgan fingerprint density at radius 3 is 3.00 bits per heavy atom. The summed E-state index contributed by atoms with van der Waals surface area (Å²) in [4.78, 5) is 8.36. The summed E-state index contributed by atoms with van der Waals surface area (Å²) in [5.41, 5.74) is 7.55. The molecule has 2 aromatic heterocycles. The first kappa shape index (κ1) is 9.99. The lowest BCUT2D eigenvalue weighted by molar-refractivity contribution is 1.01. The van der Waals surface area contributed by atoms with E-state index in [-0.39, 0.29) is 0 Å². The quantitative estimate of drug-likeness (QED) is 0.723. The van der Waals surface area contributed by atoms with Crippen LogP contribution in [0.1, 0.15) is 5.69 Å². The van der Waals surface area contributed by atoms with E-state index in [1.165, 1.54) is 0 Å². The van der Waals surface area contributed by atoms with Crippen LogP contribution in [0.25, 0.3) is 16.5 Å². The molecule has 0 amide bonds. The van der Waals surface area contributed by atoms with Gasteiger partial charge >= 0.3 is 0 Å². The van der Waals surface area contributed by atoms with Gasteiger partial charge in [0.25, 0.3) is 0 Å². The molecule has 3 aromatic rings. The molecule has 0 spiro atoms. The van der Waals surface area contributed by atoms with Gasteiger partial charge in [0.2, 0.25) is 0 Å². The lowest BCUT2D eigenvalue weighted by atomic mass is 10.1. The van der Waals surface area contributed by atoms with Crippen LogP contribution in [0.3, 0.4) is 0 Å². The van der Waals surface area contributed by atoms with Gasteiger partial charge in [0.15, 0.2) is 0 Å². The van der Waals surface area contributed by atoms with E-state index in [1.807, 2.05) is 35.2 Å². The first-order valence-electron chi connectivity index (χ1n) is 5.44. The van der Waals surface area contributed by atoms with Crippen LogP contribution in [0.15, 0.2) is 49.2 Å². The molecule has 0 aliphatic heterocycles. The molecule has 0 radical (unpaired) electrons. The Bertz CT molecular complexity index is 652. The predicted molar refractivity (Wildman–Crippen MR) is 66.8 cm³/mol. The van der Waals surface area contributed by atoms with Crippen molar-refractivity contribution in [3.05, 3.63) is 54.9 Å². The molecule has 2 N–H and O–H groups in total. The molecule has 0 fully saturated rings. The van der Waals surface area contributed by atoms with Crippen molar-refractivity contribution in [2.45, 2.75) is 6.54 Å². The molecular weight excluding hydrogens is 212 g/mol. The van der Waals surface area contributed by atoms with Gasteiger partial charge in [-0.15, -0.1) is 0 Å². The predicted octanol–water partition coefficient (Wildman–Crippen LogP) is 1.88. The SMILES string of the molecule is NCc1cn(-c2cccc3cnccc23)cn1. The fourth-order valence-electron chi connectivity index (χ4n) is 1.93. The van der Waals surface area contributed by atoms with E-state index in [0.717, 1.165) is 22.2 Å². The second-order valence-electron chi connectivity index (χ2n) is 3.85. The van der Waals surface area contributed by atoms with Crippen molar-refractivity contribution in [3.8, 4) is 5.69 Å². The molecule has 0 saturated heterocycles. The highest BCUT2D eigenvalue weighted by Gasteiger charge is 2.03. The molecule has 3 rings (SSSR count). The Kier molecular flexibility index (Phi) is 2.34. The normalized spacial score (nSPS) is 10.9. The van der Waals surface area contributed by atoms with Gasteiger partial charge in [-0.25, -0.2) is 4.98 Å². The maximum atomic E-state index is 5.57. The summed E-state index contributed by atoms with van der Waals surface area (Å²) in [6.07, 6.45) is 7.40. The summed E-state index contributed by atoms with van der Waals surface area (Å²) >= 11 is 0. The second-order valence-corrected chi connectivity index (χ2v) is 3.85. The van der Waals surface area contributed by atoms with Crippen molar-refractivity contribution in [2.24, 2.45) is 5.73 Å². The number of hydrogen-bond donors (Lipinski definition) is 1. The van der Waals surface area contributed by atoms with E-state index in [2.05, 4.69) is 16.0 Å². The van der Waals surface area contributed by atoms with Crippen molar-refractivity contribution in [3.63, 3.8) is 0 Å². The summed E-state index contributed by atoms with van der Waals surface area (Å²) in [5.74, 6) is 0. The fraction of sp³-hybridized carbons (Fsp3) is 0.0769. The van der Waals surface area contributed by atoms with Crippen LogP contribution in [0.2, 0.25) is 0 Å². The van der Waals surface area contributed by atoms with Crippen LogP contribution in [0, 0.1) is 0 Å². The topological polar surface area (TPSA) is 56.7 Å². The van der Waals surface area contributed by atoms with Gasteiger partial charge < -0.3 is 10.3 Å². The zero-order valence-corrected chi connectivity index (χ0v) is 9.24. The summed E-state index contributed by atoms with van der Waals surface area (Å²) in [6, 6.07) is 8.13. The molecule has 2 heterocycles. The van der Waals surface area contributed by atoms with Crippen LogP contribution in [0.5, 0.6) is 0 Å². The average Bonchev–Trinajstić information content (AvgIpc) is 2.87. The summed E-state index contributed by atoms with van der Waals surface area (Å²) < 4.78 is 1.99. The van der Waals surface area contributed by atoms with Crippen molar-refractivity contribution in [1.82, 2.24) is 14.5 Å². The number of pyridine rings is 1. The zero-order chi connectivity index (χ0) is 11.7. The minimum Gasteiger partial charge on any atom is -0.325 e. The highest BCUT2D eigenvalue weighted by molar-refractivity contribution is 5.89. The van der Waals surface area contributed by atoms with Crippen LogP contribution >= 0.6 is 0 Å². The minimum absolute atomic E-state index is 0.458. The van der Waals surface area contributed by atoms with E-state index in [4.69, 9.17) is 5.73 Å². The van der Waals surface area contributed by atoms with Gasteiger partial charge in [0, 0.05) is 35.9 Å². The Morgan fingerprint density at radius 1 is 1.24 bits per heavy atom. The van der Waals surface area contributed by atoms with Gasteiger partial charge in [-0.3, -0.25) is 4.98 Å². The van der Waals surface area contributed by atoms with Crippen LogP contribution in [-0.4, -0.2) is 14.5 Å². The number of hydrogen-bond acceptors (Lipinski definition) is 3. The lowest BCUT2D eigenvalue weighted by Gasteiger charge is -2.06. The maximum absolute atomic E-state index is 5.57. The first-order chi connectivity index (χ1) is 8.38. The van der Waals surface area contributed by atoms with Crippen LogP contribution in [0.4, 0.5) is 0 Å². The number of imidazole rings is 1. The second kappa shape index (κ2) is 3.99. The van der Waals surface area contributed by atoms with E-state index < -0.39 is 0 Å². The van der Waals surface area contributed by atoms with Gasteiger partial charge in [-0.05, 0) is 12.1 Å². The standard InChI is InChI=1S/C13H12N4/c14-6-11-8-17(9-16-11)13-3-1-2-10-7-15-5-4-12(10)13/h1-5,7-9H,6,14H2. The van der Waals surface area contributed by atoms with E-state index in [9.17, 15) is 0 Å². The molecule has 0 saturated carbocycles. The van der Waals surface area contributed by atoms with E-state index in [0.29, 0.717) is 6.54 Å². The number of fused-ring (bicyclic) bond motifs is 1. The molecule has 0 bridgehead atoms. The van der Waals surface area contributed by atoms with Gasteiger partial charge in [0.1, 0.15) is 0 Å². The molecule has 0 aliphatic rings. The monoisotopic (exact) mass is 224 g/mol. The third-order valence-corrected chi connectivity index (χ3v) is 2.78. The Morgan fingerprint density at radius 2 is 2.18 bits per heavy atom. The van der Waals surface area contributed by atoms with Crippen LogP contribution in [-0.2, 0) is 6.54 Å². The number of rotatable bonds is 2. The Hall–Kier alpha value is -2.20. The molecular formula is C13H12N4. The zero-order valence-electron chi connectivity index (χ0n) is 9.24. The molecule has 4 nitrogen and oxygen atoms in total. The third kappa shape index (κ3) is 1.68. The highest BCUT2D eigenvalue weighted by atomic mass is 15.0. The van der Waals surface area contributed by atoms with Crippen molar-refractivity contribution in [2.75, 3.05) is 0 Å². The lowest BCUT2D eigenvalue weighted by Crippen LogP contribution is -1.96. The smallest absolute Gasteiger partial charge is 0.0995 e. The maximum Gasteiger partial charge on any atom is 0.0995 e.